The molecule has 1 rings (SSSR count). The Morgan fingerprint density at radius 1 is 1.30 bits per heavy atom. The zero-order valence-corrected chi connectivity index (χ0v) is 6.98. The molecular weight excluding hydrogens is 122 g/mol. The third-order valence-electron chi connectivity index (χ3n) is 2.08. The van der Waals surface area contributed by atoms with Gasteiger partial charge in [0.15, 0.2) is 0 Å². The van der Waals surface area contributed by atoms with E-state index in [1.807, 2.05) is 0 Å². The molecule has 0 aromatic heterocycles. The fourth-order valence-corrected chi connectivity index (χ4v) is 1.42. The SMILES string of the molecule is CCC#C[N+]1(C)CCCC1. The molecule has 10 heavy (non-hydrogen) atoms. The van der Waals surface area contributed by atoms with Crippen molar-refractivity contribution >= 4 is 0 Å². The van der Waals surface area contributed by atoms with Crippen LogP contribution in [0.4, 0.5) is 0 Å². The Kier molecular flexibility index (Phi) is 2.34. The second-order valence-corrected chi connectivity index (χ2v) is 3.19. The molecule has 0 bridgehead atoms. The number of hydrogen-bond donors (Lipinski definition) is 0. The number of quaternary nitrogens is 1. The van der Waals surface area contributed by atoms with Gasteiger partial charge in [0.05, 0.1) is 20.1 Å². The van der Waals surface area contributed by atoms with Crippen molar-refractivity contribution in [3.63, 3.8) is 0 Å². The van der Waals surface area contributed by atoms with Gasteiger partial charge in [-0.2, -0.15) is 0 Å². The van der Waals surface area contributed by atoms with Crippen LogP contribution in [-0.4, -0.2) is 24.6 Å². The Morgan fingerprint density at radius 3 is 2.40 bits per heavy atom. The maximum absolute atomic E-state index is 3.30. The largest absolute Gasteiger partial charge is 0.249 e. The molecule has 1 aliphatic heterocycles. The van der Waals surface area contributed by atoms with Gasteiger partial charge in [0.1, 0.15) is 6.04 Å². The molecule has 0 spiro atoms. The molecule has 1 heterocycles. The maximum atomic E-state index is 3.30. The molecule has 0 saturated carbocycles. The maximum Gasteiger partial charge on any atom is 0.136 e. The molecular formula is C9H16N+. The van der Waals surface area contributed by atoms with Crippen molar-refractivity contribution < 1.29 is 4.48 Å². The predicted molar refractivity (Wildman–Crippen MR) is 43.2 cm³/mol. The van der Waals surface area contributed by atoms with Crippen LogP contribution in [0.3, 0.4) is 0 Å². The number of rotatable bonds is 0. The molecule has 0 unspecified atom stereocenters. The summed E-state index contributed by atoms with van der Waals surface area (Å²) in [7, 11) is 2.23. The molecule has 0 aliphatic carbocycles. The highest BCUT2D eigenvalue weighted by atomic mass is 15.3. The molecule has 1 aliphatic rings. The number of nitrogens with zero attached hydrogens (tertiary/aromatic N) is 1. The lowest BCUT2D eigenvalue weighted by Crippen LogP contribution is -2.34. The molecule has 0 aromatic rings. The van der Waals surface area contributed by atoms with Gasteiger partial charge in [0, 0.05) is 19.3 Å². The summed E-state index contributed by atoms with van der Waals surface area (Å²) in [6.45, 7) is 4.62. The summed E-state index contributed by atoms with van der Waals surface area (Å²) >= 11 is 0. The van der Waals surface area contributed by atoms with E-state index < -0.39 is 0 Å². The molecule has 1 saturated heterocycles. The van der Waals surface area contributed by atoms with Gasteiger partial charge in [-0.1, -0.05) is 6.92 Å². The highest BCUT2D eigenvalue weighted by Crippen LogP contribution is 2.13. The monoisotopic (exact) mass is 138 g/mol. The summed E-state index contributed by atoms with van der Waals surface area (Å²) in [6.07, 6.45) is 3.71. The first kappa shape index (κ1) is 7.63. The van der Waals surface area contributed by atoms with Crippen LogP contribution in [-0.2, 0) is 0 Å². The van der Waals surface area contributed by atoms with Crippen LogP contribution in [0.15, 0.2) is 0 Å². The van der Waals surface area contributed by atoms with Crippen molar-refractivity contribution in [3.8, 4) is 12.0 Å². The van der Waals surface area contributed by atoms with E-state index >= 15 is 0 Å². The Bertz CT molecular complexity index is 155. The van der Waals surface area contributed by atoms with E-state index in [4.69, 9.17) is 0 Å². The first-order valence-corrected chi connectivity index (χ1v) is 4.11. The van der Waals surface area contributed by atoms with Crippen molar-refractivity contribution in [1.82, 2.24) is 0 Å². The van der Waals surface area contributed by atoms with Crippen LogP contribution in [0.2, 0.25) is 0 Å². The minimum atomic E-state index is 0.994. The number of likely N-dealkylation sites (tertiary alicyclic amines) is 1. The molecule has 0 atom stereocenters. The van der Waals surface area contributed by atoms with Gasteiger partial charge in [-0.3, -0.25) is 0 Å². The van der Waals surface area contributed by atoms with Crippen molar-refractivity contribution in [3.05, 3.63) is 0 Å². The fraction of sp³-hybridized carbons (Fsp3) is 0.778. The predicted octanol–water partition coefficient (Wildman–Crippen LogP) is 1.60. The molecule has 56 valence electrons. The van der Waals surface area contributed by atoms with E-state index in [2.05, 4.69) is 25.9 Å². The van der Waals surface area contributed by atoms with Crippen molar-refractivity contribution in [2.45, 2.75) is 26.2 Å². The van der Waals surface area contributed by atoms with Crippen LogP contribution >= 0.6 is 0 Å². The summed E-state index contributed by atoms with van der Waals surface area (Å²) in [5.41, 5.74) is 0. The molecule has 1 nitrogen and oxygen atoms in total. The topological polar surface area (TPSA) is 0 Å². The molecule has 1 heteroatoms. The Hall–Kier alpha value is -0.480. The zero-order chi connectivity index (χ0) is 7.45. The highest BCUT2D eigenvalue weighted by Gasteiger charge is 2.24. The third-order valence-corrected chi connectivity index (χ3v) is 2.08. The minimum absolute atomic E-state index is 0.994. The van der Waals surface area contributed by atoms with Crippen LogP contribution in [0.5, 0.6) is 0 Å². The highest BCUT2D eigenvalue weighted by molar-refractivity contribution is 4.91. The Labute approximate surface area is 63.6 Å². The van der Waals surface area contributed by atoms with E-state index in [1.54, 1.807) is 0 Å². The quantitative estimate of drug-likeness (QED) is 0.352. The molecule has 0 radical (unpaired) electrons. The number of hydrogen-bond acceptors (Lipinski definition) is 0. The summed E-state index contributed by atoms with van der Waals surface area (Å²) in [4.78, 5) is 0. The van der Waals surface area contributed by atoms with Crippen LogP contribution < -0.4 is 0 Å². The molecule has 0 N–H and O–H groups in total. The van der Waals surface area contributed by atoms with E-state index in [0.717, 1.165) is 10.9 Å². The lowest BCUT2D eigenvalue weighted by molar-refractivity contribution is -0.830. The lowest BCUT2D eigenvalue weighted by Gasteiger charge is -2.18. The standard InChI is InChI=1S/C9H16N/c1-3-4-7-10(2)8-5-6-9-10/h3,5-6,8-9H2,1-2H3/q+1. The van der Waals surface area contributed by atoms with Gasteiger partial charge in [-0.05, 0) is 5.92 Å². The van der Waals surface area contributed by atoms with Gasteiger partial charge in [-0.15, -0.1) is 0 Å². The summed E-state index contributed by atoms with van der Waals surface area (Å²) in [5, 5.41) is 0. The van der Waals surface area contributed by atoms with Crippen LogP contribution in [0, 0.1) is 12.0 Å². The summed E-state index contributed by atoms with van der Waals surface area (Å²) < 4.78 is 0.994. The van der Waals surface area contributed by atoms with E-state index in [-0.39, 0.29) is 0 Å². The van der Waals surface area contributed by atoms with Crippen molar-refractivity contribution in [1.29, 1.82) is 0 Å². The zero-order valence-electron chi connectivity index (χ0n) is 6.98. The lowest BCUT2D eigenvalue weighted by atomic mass is 10.4. The first-order valence-electron chi connectivity index (χ1n) is 4.11. The van der Waals surface area contributed by atoms with Crippen LogP contribution in [0.1, 0.15) is 26.2 Å². The second-order valence-electron chi connectivity index (χ2n) is 3.19. The van der Waals surface area contributed by atoms with Gasteiger partial charge >= 0.3 is 0 Å². The molecule has 0 amide bonds. The molecule has 0 aromatic carbocycles. The van der Waals surface area contributed by atoms with Crippen LogP contribution in [0.25, 0.3) is 0 Å². The first-order chi connectivity index (χ1) is 4.77. The smallest absolute Gasteiger partial charge is 0.136 e. The summed E-state index contributed by atoms with van der Waals surface area (Å²) in [6, 6.07) is 3.30. The van der Waals surface area contributed by atoms with E-state index in [0.29, 0.717) is 0 Å². The average Bonchev–Trinajstić information content (AvgIpc) is 2.33. The van der Waals surface area contributed by atoms with Gasteiger partial charge in [0.2, 0.25) is 0 Å². The third kappa shape index (κ3) is 1.75. The normalized spacial score (nSPS) is 21.8. The average molecular weight is 138 g/mol. The molecule has 1 fully saturated rings. The fourth-order valence-electron chi connectivity index (χ4n) is 1.42. The van der Waals surface area contributed by atoms with Crippen molar-refractivity contribution in [2.75, 3.05) is 20.1 Å². The Morgan fingerprint density at radius 2 is 1.90 bits per heavy atom. The van der Waals surface area contributed by atoms with Gasteiger partial charge in [0.25, 0.3) is 0 Å². The second kappa shape index (κ2) is 3.07. The minimum Gasteiger partial charge on any atom is -0.249 e. The van der Waals surface area contributed by atoms with Gasteiger partial charge < -0.3 is 0 Å². The van der Waals surface area contributed by atoms with E-state index in [9.17, 15) is 0 Å². The van der Waals surface area contributed by atoms with E-state index in [1.165, 1.54) is 25.9 Å². The Balaban J connectivity index is 2.51. The van der Waals surface area contributed by atoms with Gasteiger partial charge in [-0.25, -0.2) is 4.48 Å². The van der Waals surface area contributed by atoms with Crippen molar-refractivity contribution in [2.24, 2.45) is 0 Å². The summed E-state index contributed by atoms with van der Waals surface area (Å²) in [5.74, 6) is 3.15.